The van der Waals surface area contributed by atoms with Gasteiger partial charge in [-0.25, -0.2) is 4.79 Å². The average Bonchev–Trinajstić information content (AvgIpc) is 2.62. The summed E-state index contributed by atoms with van der Waals surface area (Å²) in [5.41, 5.74) is 0.189. The maximum Gasteiger partial charge on any atom is 0.360 e. The second kappa shape index (κ2) is 7.00. The summed E-state index contributed by atoms with van der Waals surface area (Å²) in [4.78, 5) is 38.5. The standard InChI is InChI=1S/C19H16N2O4/c1-2-20-17(22)12-7-9-14(10-8-12)25-19(24)16-11-13-5-3-4-6-15(13)18(23)21-16/h3-11H,2H2,1H3,(H,20,22)(H,21,23). The molecular weight excluding hydrogens is 320 g/mol. The van der Waals surface area contributed by atoms with E-state index in [0.717, 1.165) is 0 Å². The predicted molar refractivity (Wildman–Crippen MR) is 94.0 cm³/mol. The lowest BCUT2D eigenvalue weighted by molar-refractivity contribution is 0.0728. The van der Waals surface area contributed by atoms with Gasteiger partial charge in [0.15, 0.2) is 0 Å². The molecule has 0 bridgehead atoms. The van der Waals surface area contributed by atoms with Gasteiger partial charge in [-0.1, -0.05) is 18.2 Å². The molecule has 1 heterocycles. The third-order valence-electron chi connectivity index (χ3n) is 3.64. The number of hydrogen-bond acceptors (Lipinski definition) is 4. The van der Waals surface area contributed by atoms with E-state index in [4.69, 9.17) is 4.74 Å². The number of hydrogen-bond donors (Lipinski definition) is 2. The maximum absolute atomic E-state index is 12.3. The number of nitrogens with one attached hydrogen (secondary N) is 2. The molecule has 0 radical (unpaired) electrons. The van der Waals surface area contributed by atoms with E-state index in [1.165, 1.54) is 12.1 Å². The number of aromatic amines is 1. The second-order valence-corrected chi connectivity index (χ2v) is 5.37. The fourth-order valence-corrected chi connectivity index (χ4v) is 2.42. The van der Waals surface area contributed by atoms with E-state index in [-0.39, 0.29) is 22.9 Å². The van der Waals surface area contributed by atoms with Crippen molar-refractivity contribution in [2.75, 3.05) is 6.54 Å². The molecule has 0 saturated carbocycles. The Bertz CT molecular complexity index is 990. The van der Waals surface area contributed by atoms with Crippen molar-refractivity contribution >= 4 is 22.6 Å². The highest BCUT2D eigenvalue weighted by Gasteiger charge is 2.12. The number of rotatable bonds is 4. The van der Waals surface area contributed by atoms with Gasteiger partial charge in [0.25, 0.3) is 11.5 Å². The Morgan fingerprint density at radius 2 is 1.80 bits per heavy atom. The van der Waals surface area contributed by atoms with E-state index in [0.29, 0.717) is 22.9 Å². The molecule has 2 N–H and O–H groups in total. The average molecular weight is 336 g/mol. The van der Waals surface area contributed by atoms with Crippen molar-refractivity contribution in [2.45, 2.75) is 6.92 Å². The highest BCUT2D eigenvalue weighted by atomic mass is 16.5. The van der Waals surface area contributed by atoms with E-state index >= 15 is 0 Å². The molecule has 3 rings (SSSR count). The molecule has 0 aliphatic heterocycles. The molecule has 0 fully saturated rings. The van der Waals surface area contributed by atoms with Gasteiger partial charge in [-0.2, -0.15) is 0 Å². The van der Waals surface area contributed by atoms with Gasteiger partial charge in [-0.3, -0.25) is 9.59 Å². The van der Waals surface area contributed by atoms with Gasteiger partial charge < -0.3 is 15.0 Å². The Morgan fingerprint density at radius 3 is 2.52 bits per heavy atom. The number of fused-ring (bicyclic) bond motifs is 1. The summed E-state index contributed by atoms with van der Waals surface area (Å²) in [6.07, 6.45) is 0. The van der Waals surface area contributed by atoms with E-state index < -0.39 is 5.97 Å². The van der Waals surface area contributed by atoms with Crippen LogP contribution >= 0.6 is 0 Å². The third kappa shape index (κ3) is 3.58. The van der Waals surface area contributed by atoms with Crippen molar-refractivity contribution < 1.29 is 14.3 Å². The normalized spacial score (nSPS) is 10.4. The Morgan fingerprint density at radius 1 is 1.08 bits per heavy atom. The minimum Gasteiger partial charge on any atom is -0.422 e. The van der Waals surface area contributed by atoms with Gasteiger partial charge >= 0.3 is 5.97 Å². The van der Waals surface area contributed by atoms with Crippen LogP contribution in [-0.4, -0.2) is 23.4 Å². The van der Waals surface area contributed by atoms with Crippen LogP contribution in [-0.2, 0) is 0 Å². The van der Waals surface area contributed by atoms with Crippen LogP contribution in [0.2, 0.25) is 0 Å². The summed E-state index contributed by atoms with van der Waals surface area (Å²) >= 11 is 0. The van der Waals surface area contributed by atoms with Crippen LogP contribution in [0.15, 0.2) is 59.4 Å². The highest BCUT2D eigenvalue weighted by Crippen LogP contribution is 2.15. The molecule has 1 amide bonds. The number of pyridine rings is 1. The quantitative estimate of drug-likeness (QED) is 0.566. The number of benzene rings is 2. The minimum absolute atomic E-state index is 0.0662. The Kier molecular flexibility index (Phi) is 4.61. The molecule has 0 spiro atoms. The SMILES string of the molecule is CCNC(=O)c1ccc(OC(=O)c2cc3ccccc3c(=O)[nH]2)cc1. The van der Waals surface area contributed by atoms with Crippen molar-refractivity contribution in [1.82, 2.24) is 10.3 Å². The summed E-state index contributed by atoms with van der Waals surface area (Å²) in [7, 11) is 0. The number of carbonyl (C=O) groups excluding carboxylic acids is 2. The fraction of sp³-hybridized carbons (Fsp3) is 0.105. The first-order chi connectivity index (χ1) is 12.1. The van der Waals surface area contributed by atoms with E-state index in [1.807, 2.05) is 6.92 Å². The summed E-state index contributed by atoms with van der Waals surface area (Å²) < 4.78 is 5.26. The number of carbonyl (C=O) groups is 2. The van der Waals surface area contributed by atoms with Gasteiger partial charge in [-0.15, -0.1) is 0 Å². The van der Waals surface area contributed by atoms with Crippen molar-refractivity contribution in [3.63, 3.8) is 0 Å². The first-order valence-corrected chi connectivity index (χ1v) is 7.81. The molecule has 0 aliphatic carbocycles. The van der Waals surface area contributed by atoms with Crippen LogP contribution < -0.4 is 15.6 Å². The van der Waals surface area contributed by atoms with E-state index in [9.17, 15) is 14.4 Å². The smallest absolute Gasteiger partial charge is 0.360 e. The maximum atomic E-state index is 12.3. The van der Waals surface area contributed by atoms with Crippen molar-refractivity contribution in [1.29, 1.82) is 0 Å². The molecule has 6 nitrogen and oxygen atoms in total. The topological polar surface area (TPSA) is 88.3 Å². The van der Waals surface area contributed by atoms with Gasteiger partial charge in [0.05, 0.1) is 0 Å². The lowest BCUT2D eigenvalue weighted by atomic mass is 10.1. The van der Waals surface area contributed by atoms with Crippen molar-refractivity contribution in [3.05, 3.63) is 76.2 Å². The van der Waals surface area contributed by atoms with Gasteiger partial charge in [-0.05, 0) is 48.7 Å². The molecule has 0 aliphatic rings. The number of aromatic nitrogens is 1. The molecule has 2 aromatic carbocycles. The number of H-pyrrole nitrogens is 1. The van der Waals surface area contributed by atoms with Crippen LogP contribution in [0.3, 0.4) is 0 Å². The van der Waals surface area contributed by atoms with Crippen LogP contribution in [0.4, 0.5) is 0 Å². The number of amides is 1. The first-order valence-electron chi connectivity index (χ1n) is 7.81. The van der Waals surface area contributed by atoms with Gasteiger partial charge in [0.1, 0.15) is 11.4 Å². The fourth-order valence-electron chi connectivity index (χ4n) is 2.42. The Balaban J connectivity index is 1.80. The zero-order valence-corrected chi connectivity index (χ0v) is 13.5. The van der Waals surface area contributed by atoms with E-state index in [1.54, 1.807) is 42.5 Å². The van der Waals surface area contributed by atoms with Crippen LogP contribution in [0, 0.1) is 0 Å². The molecule has 6 heteroatoms. The molecule has 1 aromatic heterocycles. The van der Waals surface area contributed by atoms with Gasteiger partial charge in [0.2, 0.25) is 0 Å². The van der Waals surface area contributed by atoms with Crippen LogP contribution in [0.25, 0.3) is 10.8 Å². The van der Waals surface area contributed by atoms with E-state index in [2.05, 4.69) is 10.3 Å². The number of ether oxygens (including phenoxy) is 1. The Labute approximate surface area is 143 Å². The highest BCUT2D eigenvalue weighted by molar-refractivity contribution is 5.95. The summed E-state index contributed by atoms with van der Waals surface area (Å²) in [6, 6.07) is 14.7. The van der Waals surface area contributed by atoms with Gasteiger partial charge in [0, 0.05) is 17.5 Å². The molecule has 0 unspecified atom stereocenters. The molecule has 126 valence electrons. The van der Waals surface area contributed by atoms with Crippen LogP contribution in [0.1, 0.15) is 27.8 Å². The largest absolute Gasteiger partial charge is 0.422 e. The molecule has 0 atom stereocenters. The Hall–Kier alpha value is -3.41. The lowest BCUT2D eigenvalue weighted by Gasteiger charge is -2.07. The minimum atomic E-state index is -0.673. The molecular formula is C19H16N2O4. The third-order valence-corrected chi connectivity index (χ3v) is 3.64. The molecule has 0 saturated heterocycles. The monoisotopic (exact) mass is 336 g/mol. The molecule has 25 heavy (non-hydrogen) atoms. The number of esters is 1. The summed E-state index contributed by atoms with van der Waals surface area (Å²) in [5.74, 6) is -0.583. The lowest BCUT2D eigenvalue weighted by Crippen LogP contribution is -2.22. The van der Waals surface area contributed by atoms with Crippen LogP contribution in [0.5, 0.6) is 5.75 Å². The summed E-state index contributed by atoms with van der Waals surface area (Å²) in [6.45, 7) is 2.36. The predicted octanol–water partition coefficient (Wildman–Crippen LogP) is 2.50. The first kappa shape index (κ1) is 16.4. The summed E-state index contributed by atoms with van der Waals surface area (Å²) in [5, 5.41) is 3.85. The zero-order chi connectivity index (χ0) is 17.8. The van der Waals surface area contributed by atoms with Crippen molar-refractivity contribution in [2.24, 2.45) is 0 Å². The molecule has 3 aromatic rings. The van der Waals surface area contributed by atoms with Crippen molar-refractivity contribution in [3.8, 4) is 5.75 Å². The zero-order valence-electron chi connectivity index (χ0n) is 13.5. The second-order valence-electron chi connectivity index (χ2n) is 5.37.